The van der Waals surface area contributed by atoms with Crippen LogP contribution in [0.2, 0.25) is 0 Å². The standard InChI is InChI=1S/C18H30N2O/c1-15-8-4-6-10-17(15)21-18-11-7-5-9-16(18)14-20(3)13-12-19-2/h5,7,9,11,15,17,19H,4,6,8,10,12-14H2,1-3H3/t15-,17+/m1/s1. The second-order valence-corrected chi connectivity index (χ2v) is 6.37. The van der Waals surface area contributed by atoms with Gasteiger partial charge in [0, 0.05) is 25.2 Å². The molecule has 21 heavy (non-hydrogen) atoms. The maximum absolute atomic E-state index is 6.36. The normalized spacial score (nSPS) is 22.5. The smallest absolute Gasteiger partial charge is 0.124 e. The van der Waals surface area contributed by atoms with Gasteiger partial charge in [-0.15, -0.1) is 0 Å². The Labute approximate surface area is 129 Å². The minimum Gasteiger partial charge on any atom is -0.490 e. The molecule has 1 aromatic carbocycles. The molecule has 0 saturated heterocycles. The van der Waals surface area contributed by atoms with Crippen molar-refractivity contribution in [3.63, 3.8) is 0 Å². The lowest BCUT2D eigenvalue weighted by atomic mass is 9.88. The van der Waals surface area contributed by atoms with Crippen LogP contribution >= 0.6 is 0 Å². The summed E-state index contributed by atoms with van der Waals surface area (Å²) in [4.78, 5) is 2.34. The molecule has 2 atom stereocenters. The fourth-order valence-electron chi connectivity index (χ4n) is 3.04. The van der Waals surface area contributed by atoms with Crippen molar-refractivity contribution in [1.82, 2.24) is 10.2 Å². The topological polar surface area (TPSA) is 24.5 Å². The van der Waals surface area contributed by atoms with Crippen molar-refractivity contribution in [3.8, 4) is 5.75 Å². The van der Waals surface area contributed by atoms with Crippen LogP contribution in [0, 0.1) is 5.92 Å². The van der Waals surface area contributed by atoms with E-state index in [1.54, 1.807) is 0 Å². The van der Waals surface area contributed by atoms with E-state index in [9.17, 15) is 0 Å². The molecule has 3 heteroatoms. The summed E-state index contributed by atoms with van der Waals surface area (Å²) in [7, 11) is 4.16. The van der Waals surface area contributed by atoms with Crippen molar-refractivity contribution in [1.29, 1.82) is 0 Å². The fraction of sp³-hybridized carbons (Fsp3) is 0.667. The monoisotopic (exact) mass is 290 g/mol. The summed E-state index contributed by atoms with van der Waals surface area (Å²) in [6.07, 6.45) is 5.55. The van der Waals surface area contributed by atoms with E-state index in [4.69, 9.17) is 4.74 Å². The molecule has 118 valence electrons. The zero-order valence-electron chi connectivity index (χ0n) is 13.8. The van der Waals surface area contributed by atoms with Crippen molar-refractivity contribution < 1.29 is 4.74 Å². The number of para-hydroxylation sites is 1. The molecule has 1 aromatic rings. The molecule has 1 aliphatic rings. The molecule has 0 bridgehead atoms. The predicted molar refractivity (Wildman–Crippen MR) is 88.8 cm³/mol. The molecule has 3 nitrogen and oxygen atoms in total. The quantitative estimate of drug-likeness (QED) is 0.834. The van der Waals surface area contributed by atoms with Crippen LogP contribution in [0.1, 0.15) is 38.2 Å². The Morgan fingerprint density at radius 1 is 1.24 bits per heavy atom. The number of hydrogen-bond donors (Lipinski definition) is 1. The summed E-state index contributed by atoms with van der Waals surface area (Å²) >= 11 is 0. The molecule has 1 saturated carbocycles. The van der Waals surface area contributed by atoms with Crippen LogP contribution in [0.15, 0.2) is 24.3 Å². The number of hydrogen-bond acceptors (Lipinski definition) is 3. The number of rotatable bonds is 7. The molecular weight excluding hydrogens is 260 g/mol. The molecule has 1 N–H and O–H groups in total. The van der Waals surface area contributed by atoms with Gasteiger partial charge in [-0.2, -0.15) is 0 Å². The summed E-state index contributed by atoms with van der Waals surface area (Å²) in [5.74, 6) is 1.75. The summed E-state index contributed by atoms with van der Waals surface area (Å²) in [6, 6.07) is 8.51. The first-order valence-corrected chi connectivity index (χ1v) is 8.28. The van der Waals surface area contributed by atoms with Gasteiger partial charge in [-0.1, -0.05) is 31.5 Å². The third-order valence-corrected chi connectivity index (χ3v) is 4.47. The lowest BCUT2D eigenvalue weighted by Gasteiger charge is -2.30. The predicted octanol–water partition coefficient (Wildman–Crippen LogP) is 3.30. The van der Waals surface area contributed by atoms with Crippen molar-refractivity contribution in [2.75, 3.05) is 27.2 Å². The molecule has 0 spiro atoms. The summed E-state index contributed by atoms with van der Waals surface area (Å²) in [5, 5.41) is 3.20. The van der Waals surface area contributed by atoms with E-state index in [0.29, 0.717) is 12.0 Å². The van der Waals surface area contributed by atoms with Gasteiger partial charge < -0.3 is 15.0 Å². The highest BCUT2D eigenvalue weighted by Crippen LogP contribution is 2.30. The average Bonchev–Trinajstić information content (AvgIpc) is 2.49. The van der Waals surface area contributed by atoms with Gasteiger partial charge in [-0.25, -0.2) is 0 Å². The fourth-order valence-corrected chi connectivity index (χ4v) is 3.04. The molecule has 0 radical (unpaired) electrons. The van der Waals surface area contributed by atoms with E-state index >= 15 is 0 Å². The minimum atomic E-state index is 0.391. The average molecular weight is 290 g/mol. The number of ether oxygens (including phenoxy) is 1. The van der Waals surface area contributed by atoms with E-state index < -0.39 is 0 Å². The number of nitrogens with one attached hydrogen (secondary N) is 1. The lowest BCUT2D eigenvalue weighted by molar-refractivity contribution is 0.100. The van der Waals surface area contributed by atoms with E-state index in [0.717, 1.165) is 25.4 Å². The van der Waals surface area contributed by atoms with Gasteiger partial charge in [0.15, 0.2) is 0 Å². The lowest BCUT2D eigenvalue weighted by Crippen LogP contribution is -2.30. The van der Waals surface area contributed by atoms with Gasteiger partial charge in [-0.3, -0.25) is 0 Å². The van der Waals surface area contributed by atoms with Crippen molar-refractivity contribution in [2.24, 2.45) is 5.92 Å². The number of benzene rings is 1. The second kappa shape index (κ2) is 8.40. The highest BCUT2D eigenvalue weighted by molar-refractivity contribution is 5.33. The maximum Gasteiger partial charge on any atom is 0.124 e. The summed E-state index contributed by atoms with van der Waals surface area (Å²) in [6.45, 7) is 5.33. The van der Waals surface area contributed by atoms with Gasteiger partial charge in [0.25, 0.3) is 0 Å². The first-order valence-electron chi connectivity index (χ1n) is 8.28. The molecule has 1 aliphatic carbocycles. The second-order valence-electron chi connectivity index (χ2n) is 6.37. The van der Waals surface area contributed by atoms with Crippen molar-refractivity contribution >= 4 is 0 Å². The Morgan fingerprint density at radius 2 is 2.00 bits per heavy atom. The van der Waals surface area contributed by atoms with E-state index in [1.165, 1.54) is 31.2 Å². The van der Waals surface area contributed by atoms with Crippen LogP contribution in [0.25, 0.3) is 0 Å². The Hall–Kier alpha value is -1.06. The molecule has 1 fully saturated rings. The minimum absolute atomic E-state index is 0.391. The van der Waals surface area contributed by atoms with E-state index in [1.807, 2.05) is 7.05 Å². The number of likely N-dealkylation sites (N-methyl/N-ethyl adjacent to an activating group) is 2. The third kappa shape index (κ3) is 5.01. The zero-order chi connectivity index (χ0) is 15.1. The van der Waals surface area contributed by atoms with Gasteiger partial charge >= 0.3 is 0 Å². The zero-order valence-corrected chi connectivity index (χ0v) is 13.8. The first kappa shape index (κ1) is 16.3. The van der Waals surface area contributed by atoms with Crippen molar-refractivity contribution in [2.45, 2.75) is 45.3 Å². The van der Waals surface area contributed by atoms with Gasteiger partial charge in [0.1, 0.15) is 11.9 Å². The molecule has 0 aromatic heterocycles. The Bertz CT molecular complexity index is 421. The Balaban J connectivity index is 1.99. The van der Waals surface area contributed by atoms with Crippen LogP contribution < -0.4 is 10.1 Å². The molecule has 0 heterocycles. The Kier molecular flexibility index (Phi) is 6.52. The summed E-state index contributed by atoms with van der Waals surface area (Å²) in [5.41, 5.74) is 1.30. The van der Waals surface area contributed by atoms with E-state index in [-0.39, 0.29) is 0 Å². The Morgan fingerprint density at radius 3 is 2.76 bits per heavy atom. The largest absolute Gasteiger partial charge is 0.490 e. The highest BCUT2D eigenvalue weighted by atomic mass is 16.5. The first-order chi connectivity index (χ1) is 10.2. The third-order valence-electron chi connectivity index (χ3n) is 4.47. The van der Waals surface area contributed by atoms with Crippen LogP contribution in [0.5, 0.6) is 5.75 Å². The molecular formula is C18H30N2O. The highest BCUT2D eigenvalue weighted by Gasteiger charge is 2.23. The van der Waals surface area contributed by atoms with Gasteiger partial charge in [0.05, 0.1) is 0 Å². The molecule has 2 rings (SSSR count). The molecule has 0 unspecified atom stereocenters. The van der Waals surface area contributed by atoms with Crippen molar-refractivity contribution in [3.05, 3.63) is 29.8 Å². The molecule has 0 amide bonds. The van der Waals surface area contributed by atoms with Gasteiger partial charge in [-0.05, 0) is 45.3 Å². The van der Waals surface area contributed by atoms with Gasteiger partial charge in [0.2, 0.25) is 0 Å². The van der Waals surface area contributed by atoms with Crippen LogP contribution in [0.4, 0.5) is 0 Å². The number of nitrogens with zero attached hydrogens (tertiary/aromatic N) is 1. The van der Waals surface area contributed by atoms with E-state index in [2.05, 4.69) is 48.5 Å². The van der Waals surface area contributed by atoms with Crippen LogP contribution in [-0.2, 0) is 6.54 Å². The molecule has 0 aliphatic heterocycles. The van der Waals surface area contributed by atoms with Crippen LogP contribution in [0.3, 0.4) is 0 Å². The SMILES string of the molecule is CNCCN(C)Cc1ccccc1O[C@H]1CCCC[C@H]1C. The maximum atomic E-state index is 6.36. The van der Waals surface area contributed by atoms with Crippen LogP contribution in [-0.4, -0.2) is 38.2 Å². The summed E-state index contributed by atoms with van der Waals surface area (Å²) < 4.78 is 6.36.